The summed E-state index contributed by atoms with van der Waals surface area (Å²) in [5.74, 6) is 0.757. The second kappa shape index (κ2) is 8.76. The molecule has 140 valence electrons. The van der Waals surface area contributed by atoms with Crippen molar-refractivity contribution in [3.05, 3.63) is 28.8 Å². The van der Waals surface area contributed by atoms with Crippen LogP contribution in [0.2, 0.25) is 0 Å². The van der Waals surface area contributed by atoms with E-state index in [-0.39, 0.29) is 11.9 Å². The molecule has 1 atom stereocenters. The Balaban J connectivity index is 1.56. The van der Waals surface area contributed by atoms with Crippen LogP contribution in [0.4, 0.5) is 0 Å². The molecule has 0 radical (unpaired) electrons. The summed E-state index contributed by atoms with van der Waals surface area (Å²) >= 11 is 1.66. The Bertz CT molecular complexity index is 762. The Kier molecular flexibility index (Phi) is 6.41. The fourth-order valence-electron chi connectivity index (χ4n) is 3.69. The first-order chi connectivity index (χ1) is 12.6. The van der Waals surface area contributed by atoms with Gasteiger partial charge in [0.1, 0.15) is 6.29 Å². The van der Waals surface area contributed by atoms with Gasteiger partial charge in [-0.15, -0.1) is 11.3 Å². The third-order valence-electron chi connectivity index (χ3n) is 5.32. The number of hydrogen-bond donors (Lipinski definition) is 1. The number of amides is 1. The normalized spacial score (nSPS) is 16.7. The number of fused-ring (bicyclic) bond motifs is 1. The van der Waals surface area contributed by atoms with Crippen LogP contribution in [0.5, 0.6) is 0 Å². The first-order valence-electron chi connectivity index (χ1n) is 9.71. The number of nitrogens with zero attached hydrogens (tertiary/aromatic N) is 1. The molecule has 4 nitrogen and oxygen atoms in total. The number of carbonyl (C=O) groups is 2. The molecule has 1 N–H and O–H groups in total. The minimum absolute atomic E-state index is 0.0465. The van der Waals surface area contributed by atoms with Crippen LogP contribution in [0.1, 0.15) is 68.9 Å². The molecule has 2 aromatic rings. The van der Waals surface area contributed by atoms with Gasteiger partial charge in [0.2, 0.25) is 5.91 Å². The number of carbonyl (C=O) groups excluding carboxylic acids is 2. The Labute approximate surface area is 159 Å². The lowest BCUT2D eigenvalue weighted by molar-refractivity contribution is -0.125. The first kappa shape index (κ1) is 19.0. The molecule has 0 aliphatic heterocycles. The summed E-state index contributed by atoms with van der Waals surface area (Å²) in [6.45, 7) is 4.37. The molecular weight excluding hydrogens is 344 g/mol. The highest BCUT2D eigenvalue weighted by molar-refractivity contribution is 7.18. The Morgan fingerprint density at radius 1 is 1.31 bits per heavy atom. The summed E-state index contributed by atoms with van der Waals surface area (Å²) in [6.07, 6.45) is 7.57. The molecule has 5 heteroatoms. The van der Waals surface area contributed by atoms with Crippen molar-refractivity contribution in [1.29, 1.82) is 0 Å². The maximum absolute atomic E-state index is 12.3. The fraction of sp³-hybridized carbons (Fsp3) is 0.571. The highest BCUT2D eigenvalue weighted by atomic mass is 32.1. The number of thiazole rings is 1. The third kappa shape index (κ3) is 4.70. The standard InChI is InChI=1S/C21H28N2O2S/c1-14(2)16-8-9-17-19(12-16)26-21(23-17)11-10-20(25)22-18(13-24)15-6-4-3-5-7-15/h8-9,12-15,18H,3-7,10-11H2,1-2H3,(H,22,25). The Hall–Kier alpha value is -1.75. The fourth-order valence-corrected chi connectivity index (χ4v) is 4.70. The van der Waals surface area contributed by atoms with Crippen molar-refractivity contribution in [2.75, 3.05) is 0 Å². The number of nitrogens with one attached hydrogen (secondary N) is 1. The SMILES string of the molecule is CC(C)c1ccc2nc(CCC(=O)NC(C=O)C3CCCCC3)sc2c1. The van der Waals surface area contributed by atoms with Crippen LogP contribution in [0.25, 0.3) is 10.2 Å². The molecule has 1 unspecified atom stereocenters. The van der Waals surface area contributed by atoms with Gasteiger partial charge < -0.3 is 10.1 Å². The van der Waals surface area contributed by atoms with Gasteiger partial charge in [0.25, 0.3) is 0 Å². The van der Waals surface area contributed by atoms with E-state index in [4.69, 9.17) is 0 Å². The van der Waals surface area contributed by atoms with Crippen molar-refractivity contribution >= 4 is 33.7 Å². The van der Waals surface area contributed by atoms with Gasteiger partial charge in [-0.2, -0.15) is 0 Å². The number of rotatable bonds is 7. The molecule has 1 aromatic carbocycles. The number of aldehydes is 1. The van der Waals surface area contributed by atoms with Gasteiger partial charge in [-0.25, -0.2) is 4.98 Å². The minimum Gasteiger partial charge on any atom is -0.346 e. The summed E-state index contributed by atoms with van der Waals surface area (Å²) in [7, 11) is 0. The lowest BCUT2D eigenvalue weighted by Gasteiger charge is -2.27. The topological polar surface area (TPSA) is 59.1 Å². The predicted octanol–water partition coefficient (Wildman–Crippen LogP) is 4.62. The highest BCUT2D eigenvalue weighted by Gasteiger charge is 2.24. The van der Waals surface area contributed by atoms with Gasteiger partial charge in [0, 0.05) is 12.8 Å². The van der Waals surface area contributed by atoms with Crippen LogP contribution in [0.15, 0.2) is 18.2 Å². The van der Waals surface area contributed by atoms with Gasteiger partial charge in [0.05, 0.1) is 21.3 Å². The van der Waals surface area contributed by atoms with Gasteiger partial charge in [-0.3, -0.25) is 4.79 Å². The van der Waals surface area contributed by atoms with Crippen molar-refractivity contribution in [2.45, 2.75) is 70.8 Å². The summed E-state index contributed by atoms with van der Waals surface area (Å²) < 4.78 is 1.18. The van der Waals surface area contributed by atoms with Gasteiger partial charge in [0.15, 0.2) is 0 Å². The molecule has 1 fully saturated rings. The largest absolute Gasteiger partial charge is 0.346 e. The van der Waals surface area contributed by atoms with Crippen molar-refractivity contribution in [3.8, 4) is 0 Å². The maximum atomic E-state index is 12.3. The van der Waals surface area contributed by atoms with Crippen LogP contribution in [0.3, 0.4) is 0 Å². The summed E-state index contributed by atoms with van der Waals surface area (Å²) in [4.78, 5) is 28.3. The molecule has 1 aromatic heterocycles. The maximum Gasteiger partial charge on any atom is 0.220 e. The monoisotopic (exact) mass is 372 g/mol. The van der Waals surface area contributed by atoms with Gasteiger partial charge in [-0.05, 0) is 42.4 Å². The van der Waals surface area contributed by atoms with Crippen molar-refractivity contribution < 1.29 is 9.59 Å². The molecule has 0 bridgehead atoms. The number of hydrogen-bond acceptors (Lipinski definition) is 4. The number of aryl methyl sites for hydroxylation is 1. The predicted molar refractivity (Wildman–Crippen MR) is 107 cm³/mol. The molecule has 1 aliphatic carbocycles. The molecule has 1 aliphatic rings. The summed E-state index contributed by atoms with van der Waals surface area (Å²) in [6, 6.07) is 6.07. The van der Waals surface area contributed by atoms with Crippen molar-refractivity contribution in [2.24, 2.45) is 5.92 Å². The minimum atomic E-state index is -0.327. The van der Waals surface area contributed by atoms with E-state index in [2.05, 4.69) is 42.3 Å². The number of benzene rings is 1. The van der Waals surface area contributed by atoms with E-state index < -0.39 is 0 Å². The van der Waals surface area contributed by atoms with Crippen LogP contribution < -0.4 is 5.32 Å². The quantitative estimate of drug-likeness (QED) is 0.722. The molecule has 3 rings (SSSR count). The average molecular weight is 373 g/mol. The first-order valence-corrected chi connectivity index (χ1v) is 10.5. The Morgan fingerprint density at radius 3 is 2.77 bits per heavy atom. The molecule has 26 heavy (non-hydrogen) atoms. The molecule has 1 heterocycles. The van der Waals surface area contributed by atoms with Crippen LogP contribution >= 0.6 is 11.3 Å². The molecule has 0 saturated heterocycles. The van der Waals surface area contributed by atoms with Crippen molar-refractivity contribution in [3.63, 3.8) is 0 Å². The van der Waals surface area contributed by atoms with Crippen molar-refractivity contribution in [1.82, 2.24) is 10.3 Å². The van der Waals surface area contributed by atoms with E-state index >= 15 is 0 Å². The van der Waals surface area contributed by atoms with E-state index in [0.717, 1.165) is 42.5 Å². The zero-order valence-electron chi connectivity index (χ0n) is 15.7. The van der Waals surface area contributed by atoms with Gasteiger partial charge >= 0.3 is 0 Å². The second-order valence-electron chi connectivity index (χ2n) is 7.62. The number of aromatic nitrogens is 1. The van der Waals surface area contributed by atoms with E-state index in [1.807, 2.05) is 0 Å². The van der Waals surface area contributed by atoms with E-state index in [1.54, 1.807) is 11.3 Å². The van der Waals surface area contributed by atoms with Crippen LogP contribution in [-0.4, -0.2) is 23.2 Å². The zero-order valence-corrected chi connectivity index (χ0v) is 16.5. The second-order valence-corrected chi connectivity index (χ2v) is 8.73. The zero-order chi connectivity index (χ0) is 18.5. The van der Waals surface area contributed by atoms with E-state index in [0.29, 0.717) is 24.7 Å². The average Bonchev–Trinajstić information content (AvgIpc) is 3.07. The smallest absolute Gasteiger partial charge is 0.220 e. The Morgan fingerprint density at radius 2 is 2.08 bits per heavy atom. The molecular formula is C21H28N2O2S. The lowest BCUT2D eigenvalue weighted by atomic mass is 9.84. The summed E-state index contributed by atoms with van der Waals surface area (Å²) in [5.41, 5.74) is 2.31. The molecule has 0 spiro atoms. The lowest BCUT2D eigenvalue weighted by Crippen LogP contribution is -2.42. The molecule has 1 amide bonds. The van der Waals surface area contributed by atoms with E-state index in [9.17, 15) is 9.59 Å². The van der Waals surface area contributed by atoms with Gasteiger partial charge in [-0.1, -0.05) is 39.2 Å². The van der Waals surface area contributed by atoms with Crippen LogP contribution in [-0.2, 0) is 16.0 Å². The van der Waals surface area contributed by atoms with E-state index in [1.165, 1.54) is 16.7 Å². The summed E-state index contributed by atoms with van der Waals surface area (Å²) in [5, 5.41) is 3.92. The third-order valence-corrected chi connectivity index (χ3v) is 6.40. The molecule has 1 saturated carbocycles. The highest BCUT2D eigenvalue weighted by Crippen LogP contribution is 2.28. The van der Waals surface area contributed by atoms with Crippen LogP contribution in [0, 0.1) is 5.92 Å².